The van der Waals surface area contributed by atoms with Gasteiger partial charge in [0.05, 0.1) is 20.2 Å². The molecule has 0 aliphatic rings. The van der Waals surface area contributed by atoms with Gasteiger partial charge in [0.15, 0.2) is 4.80 Å². The average Bonchev–Trinajstić information content (AvgIpc) is 2.94. The monoisotopic (exact) mass is 387 g/mol. The number of amides is 1. The Balaban J connectivity index is 1.90. The second kappa shape index (κ2) is 7.23. The summed E-state index contributed by atoms with van der Waals surface area (Å²) in [6.07, 6.45) is 2.90. The molecule has 0 radical (unpaired) electrons. The van der Waals surface area contributed by atoms with E-state index in [0.717, 1.165) is 15.8 Å². The van der Waals surface area contributed by atoms with Gasteiger partial charge in [-0.25, -0.2) is 0 Å². The van der Waals surface area contributed by atoms with E-state index in [9.17, 15) is 14.9 Å². The Morgan fingerprint density at radius 2 is 1.96 bits per heavy atom. The Morgan fingerprint density at radius 1 is 1.27 bits per heavy atom. The Kier molecular flexibility index (Phi) is 5.01. The number of nitrogens with zero attached hydrogens (tertiary/aromatic N) is 3. The molecule has 0 saturated heterocycles. The van der Waals surface area contributed by atoms with Gasteiger partial charge in [-0.1, -0.05) is 29.0 Å². The first-order valence-corrected chi connectivity index (χ1v) is 8.82. The van der Waals surface area contributed by atoms with Crippen molar-refractivity contribution < 1.29 is 9.72 Å². The first kappa shape index (κ1) is 18.0. The summed E-state index contributed by atoms with van der Waals surface area (Å²) in [4.78, 5) is 27.0. The minimum absolute atomic E-state index is 0.00251. The molecule has 0 fully saturated rings. The molecule has 132 valence electrons. The third-order valence-electron chi connectivity index (χ3n) is 3.83. The number of halogens is 1. The third-order valence-corrected chi connectivity index (χ3v) is 5.42. The fourth-order valence-corrected chi connectivity index (χ4v) is 3.89. The first-order valence-electron chi connectivity index (χ1n) is 7.62. The second-order valence-electron chi connectivity index (χ2n) is 5.62. The molecular formula is C18H14ClN3O3S. The zero-order valence-corrected chi connectivity index (χ0v) is 15.5. The summed E-state index contributed by atoms with van der Waals surface area (Å²) in [6.45, 7) is 1.98. The highest BCUT2D eigenvalue weighted by Gasteiger charge is 2.09. The molecule has 3 aromatic rings. The zero-order valence-electron chi connectivity index (χ0n) is 14.0. The molecule has 1 aromatic heterocycles. The molecule has 2 aromatic carbocycles. The smallest absolute Gasteiger partial charge is 0.272 e. The first-order chi connectivity index (χ1) is 12.4. The Morgan fingerprint density at radius 3 is 2.58 bits per heavy atom. The molecule has 0 aliphatic carbocycles. The van der Waals surface area contributed by atoms with Crippen LogP contribution < -0.4 is 4.80 Å². The number of hydrogen-bond acceptors (Lipinski definition) is 4. The topological polar surface area (TPSA) is 77.5 Å². The van der Waals surface area contributed by atoms with Crippen molar-refractivity contribution in [1.82, 2.24) is 4.57 Å². The molecular weight excluding hydrogens is 374 g/mol. The number of rotatable bonds is 3. The molecule has 26 heavy (non-hydrogen) atoms. The quantitative estimate of drug-likeness (QED) is 0.383. The van der Waals surface area contributed by atoms with Gasteiger partial charge in [0, 0.05) is 25.3 Å². The van der Waals surface area contributed by atoms with Gasteiger partial charge in [-0.2, -0.15) is 4.99 Å². The SMILES string of the molecule is Cc1ccc(Cl)c2sc(=NC(=O)C=Cc3ccc([N+](=O)[O-])cc3)n(C)c12. The molecule has 0 atom stereocenters. The van der Waals surface area contributed by atoms with Crippen LogP contribution in [-0.4, -0.2) is 15.4 Å². The van der Waals surface area contributed by atoms with E-state index >= 15 is 0 Å². The van der Waals surface area contributed by atoms with Gasteiger partial charge in [0.2, 0.25) is 0 Å². The van der Waals surface area contributed by atoms with Crippen molar-refractivity contribution in [2.75, 3.05) is 0 Å². The number of aromatic nitrogens is 1. The highest BCUT2D eigenvalue weighted by atomic mass is 35.5. The number of benzene rings is 2. The number of hydrogen-bond donors (Lipinski definition) is 0. The normalized spacial score (nSPS) is 12.2. The van der Waals surface area contributed by atoms with E-state index in [1.54, 1.807) is 18.2 Å². The molecule has 0 N–H and O–H groups in total. The van der Waals surface area contributed by atoms with Gasteiger partial charge in [0.25, 0.3) is 11.6 Å². The number of nitro groups is 1. The summed E-state index contributed by atoms with van der Waals surface area (Å²) in [6, 6.07) is 9.68. The minimum Gasteiger partial charge on any atom is -0.319 e. The van der Waals surface area contributed by atoms with Crippen LogP contribution in [0.25, 0.3) is 16.3 Å². The van der Waals surface area contributed by atoms with Crippen molar-refractivity contribution in [2.24, 2.45) is 12.0 Å². The summed E-state index contributed by atoms with van der Waals surface area (Å²) in [5, 5.41) is 11.3. The molecule has 1 amide bonds. The number of carbonyl (C=O) groups excluding carboxylic acids is 1. The lowest BCUT2D eigenvalue weighted by molar-refractivity contribution is -0.384. The molecule has 0 unspecified atom stereocenters. The maximum Gasteiger partial charge on any atom is 0.272 e. The van der Waals surface area contributed by atoms with Crippen molar-refractivity contribution in [3.63, 3.8) is 0 Å². The van der Waals surface area contributed by atoms with Crippen LogP contribution in [0.4, 0.5) is 5.69 Å². The molecule has 0 saturated carbocycles. The van der Waals surface area contributed by atoms with Crippen LogP contribution in [0.15, 0.2) is 47.5 Å². The number of nitro benzene ring substituents is 1. The summed E-state index contributed by atoms with van der Waals surface area (Å²) < 4.78 is 2.74. The van der Waals surface area contributed by atoms with Crippen LogP contribution in [0, 0.1) is 17.0 Å². The van der Waals surface area contributed by atoms with Crippen LogP contribution in [-0.2, 0) is 11.8 Å². The summed E-state index contributed by atoms with van der Waals surface area (Å²) in [7, 11) is 1.84. The number of carbonyl (C=O) groups is 1. The fourth-order valence-electron chi connectivity index (χ4n) is 2.52. The van der Waals surface area contributed by atoms with E-state index in [4.69, 9.17) is 11.6 Å². The maximum atomic E-state index is 12.2. The van der Waals surface area contributed by atoms with Crippen LogP contribution in [0.5, 0.6) is 0 Å². The van der Waals surface area contributed by atoms with E-state index < -0.39 is 10.8 Å². The molecule has 6 nitrogen and oxygen atoms in total. The summed E-state index contributed by atoms with van der Waals surface area (Å²) in [5.74, 6) is -0.417. The predicted octanol–water partition coefficient (Wildman–Crippen LogP) is 4.25. The summed E-state index contributed by atoms with van der Waals surface area (Å²) in [5.41, 5.74) is 2.69. The van der Waals surface area contributed by atoms with E-state index in [1.807, 2.05) is 30.7 Å². The molecule has 3 rings (SSSR count). The standard InChI is InChI=1S/C18H14ClN3O3S/c1-11-3-9-14(19)17-16(11)21(2)18(26-17)20-15(23)10-6-12-4-7-13(8-5-12)22(24)25/h3-10H,1-2H3. The highest BCUT2D eigenvalue weighted by Crippen LogP contribution is 2.28. The van der Waals surface area contributed by atoms with Crippen molar-refractivity contribution in [1.29, 1.82) is 0 Å². The van der Waals surface area contributed by atoms with Gasteiger partial charge in [-0.05, 0) is 42.3 Å². The van der Waals surface area contributed by atoms with Crippen LogP contribution in [0.1, 0.15) is 11.1 Å². The Labute approximate surface area is 157 Å². The molecule has 0 bridgehead atoms. The van der Waals surface area contributed by atoms with E-state index in [-0.39, 0.29) is 5.69 Å². The maximum absolute atomic E-state index is 12.2. The molecule has 0 aliphatic heterocycles. The van der Waals surface area contributed by atoms with Gasteiger partial charge in [-0.15, -0.1) is 0 Å². The van der Waals surface area contributed by atoms with Crippen LogP contribution in [0.3, 0.4) is 0 Å². The Bertz CT molecular complexity index is 1110. The zero-order chi connectivity index (χ0) is 18.8. The number of thiazole rings is 1. The van der Waals surface area contributed by atoms with Crippen molar-refractivity contribution in [3.05, 3.63) is 73.5 Å². The largest absolute Gasteiger partial charge is 0.319 e. The molecule has 1 heterocycles. The van der Waals surface area contributed by atoms with Gasteiger partial charge < -0.3 is 4.57 Å². The second-order valence-corrected chi connectivity index (χ2v) is 7.00. The fraction of sp³-hybridized carbons (Fsp3) is 0.111. The number of fused-ring (bicyclic) bond motifs is 1. The van der Waals surface area contributed by atoms with Crippen molar-refractivity contribution >= 4 is 50.8 Å². The van der Waals surface area contributed by atoms with Crippen molar-refractivity contribution in [2.45, 2.75) is 6.92 Å². The van der Waals surface area contributed by atoms with E-state index in [1.165, 1.54) is 29.5 Å². The lowest BCUT2D eigenvalue weighted by Gasteiger charge is -2.00. The lowest BCUT2D eigenvalue weighted by Crippen LogP contribution is -2.12. The average molecular weight is 388 g/mol. The molecule has 8 heteroatoms. The van der Waals surface area contributed by atoms with Crippen LogP contribution in [0.2, 0.25) is 5.02 Å². The lowest BCUT2D eigenvalue weighted by atomic mass is 10.2. The minimum atomic E-state index is -0.470. The van der Waals surface area contributed by atoms with E-state index in [2.05, 4.69) is 4.99 Å². The highest BCUT2D eigenvalue weighted by molar-refractivity contribution is 7.17. The molecule has 0 spiro atoms. The third kappa shape index (κ3) is 3.58. The Hall–Kier alpha value is -2.77. The van der Waals surface area contributed by atoms with E-state index in [0.29, 0.717) is 15.4 Å². The van der Waals surface area contributed by atoms with Gasteiger partial charge in [-0.3, -0.25) is 14.9 Å². The predicted molar refractivity (Wildman–Crippen MR) is 103 cm³/mol. The van der Waals surface area contributed by atoms with Crippen LogP contribution >= 0.6 is 22.9 Å². The number of non-ortho nitro benzene ring substituents is 1. The summed E-state index contributed by atoms with van der Waals surface area (Å²) >= 11 is 7.59. The number of aryl methyl sites for hydroxylation is 2. The van der Waals surface area contributed by atoms with Crippen molar-refractivity contribution in [3.8, 4) is 0 Å². The van der Waals surface area contributed by atoms with Gasteiger partial charge >= 0.3 is 0 Å². The van der Waals surface area contributed by atoms with Gasteiger partial charge in [0.1, 0.15) is 0 Å².